The molecule has 142 valence electrons. The average Bonchev–Trinajstić information content (AvgIpc) is 2.73. The molecule has 0 unspecified atom stereocenters. The van der Waals surface area contributed by atoms with Gasteiger partial charge in [0.05, 0.1) is 0 Å². The Labute approximate surface area is 160 Å². The molecule has 5 nitrogen and oxygen atoms in total. The van der Waals surface area contributed by atoms with E-state index in [1.54, 1.807) is 10.6 Å². The van der Waals surface area contributed by atoms with Gasteiger partial charge in [-0.2, -0.15) is 0 Å². The lowest BCUT2D eigenvalue weighted by Crippen LogP contribution is -2.47. The van der Waals surface area contributed by atoms with Gasteiger partial charge in [0.1, 0.15) is 0 Å². The van der Waals surface area contributed by atoms with Gasteiger partial charge in [-0.25, -0.2) is 4.79 Å². The molecule has 0 bridgehead atoms. The molecule has 1 aromatic carbocycles. The van der Waals surface area contributed by atoms with E-state index in [4.69, 9.17) is 0 Å². The molecule has 0 N–H and O–H groups in total. The van der Waals surface area contributed by atoms with E-state index in [9.17, 15) is 9.59 Å². The molecule has 5 heteroatoms. The van der Waals surface area contributed by atoms with Crippen LogP contribution in [0.3, 0.4) is 0 Å². The molecule has 0 radical (unpaired) electrons. The van der Waals surface area contributed by atoms with Crippen molar-refractivity contribution in [2.24, 2.45) is 0 Å². The van der Waals surface area contributed by atoms with Gasteiger partial charge in [0.2, 0.25) is 0 Å². The summed E-state index contributed by atoms with van der Waals surface area (Å²) in [5.41, 5.74) is 3.49. The molecule has 27 heavy (non-hydrogen) atoms. The van der Waals surface area contributed by atoms with Crippen LogP contribution in [0, 0.1) is 0 Å². The number of carbonyl (C=O) groups is 1. The number of amides is 2. The van der Waals surface area contributed by atoms with E-state index in [0.717, 1.165) is 49.9 Å². The number of benzene rings is 1. The van der Waals surface area contributed by atoms with Gasteiger partial charge >= 0.3 is 6.03 Å². The molecule has 2 aliphatic rings. The number of likely N-dealkylation sites (tertiary alicyclic amines) is 1. The molecule has 2 aliphatic heterocycles. The van der Waals surface area contributed by atoms with Crippen LogP contribution < -0.4 is 5.56 Å². The van der Waals surface area contributed by atoms with Gasteiger partial charge in [0, 0.05) is 45.0 Å². The van der Waals surface area contributed by atoms with Crippen molar-refractivity contribution in [1.82, 2.24) is 14.4 Å². The predicted octanol–water partition coefficient (Wildman–Crippen LogP) is 3.06. The summed E-state index contributed by atoms with van der Waals surface area (Å²) in [5, 5.41) is 0. The van der Waals surface area contributed by atoms with Gasteiger partial charge in [0.15, 0.2) is 0 Å². The monoisotopic (exact) mass is 365 g/mol. The second-order valence-corrected chi connectivity index (χ2v) is 7.59. The molecule has 4 rings (SSSR count). The Bertz CT molecular complexity index is 854. The van der Waals surface area contributed by atoms with Crippen LogP contribution >= 0.6 is 0 Å². The van der Waals surface area contributed by atoms with Crippen LogP contribution in [0.5, 0.6) is 0 Å². The van der Waals surface area contributed by atoms with Crippen LogP contribution in [-0.2, 0) is 25.9 Å². The van der Waals surface area contributed by atoms with Crippen LogP contribution in [-0.4, -0.2) is 40.0 Å². The summed E-state index contributed by atoms with van der Waals surface area (Å²) in [6.45, 7) is 3.72. The second kappa shape index (κ2) is 7.99. The molecule has 1 fully saturated rings. The molecule has 0 atom stereocenters. The minimum Gasteiger partial charge on any atom is -0.325 e. The normalized spacial score (nSPS) is 16.9. The number of urea groups is 1. The molecule has 0 spiro atoms. The minimum atomic E-state index is 0.0560. The molecule has 2 aromatic rings. The zero-order chi connectivity index (χ0) is 18.6. The Morgan fingerprint density at radius 3 is 2.48 bits per heavy atom. The number of hydrogen-bond donors (Lipinski definition) is 0. The first-order chi connectivity index (χ1) is 13.2. The van der Waals surface area contributed by atoms with Crippen LogP contribution in [0.15, 0.2) is 47.4 Å². The highest BCUT2D eigenvalue weighted by molar-refractivity contribution is 5.75. The summed E-state index contributed by atoms with van der Waals surface area (Å²) >= 11 is 0. The van der Waals surface area contributed by atoms with Crippen molar-refractivity contribution in [2.75, 3.05) is 19.6 Å². The minimum absolute atomic E-state index is 0.0560. The Hall–Kier alpha value is -2.56. The number of fused-ring (bicyclic) bond motifs is 1. The standard InChI is InChI=1S/C22H27N3O2/c26-21-15-19-10-14-25(22(27)23-11-5-2-6-12-23)17-20(19)16-24(21)13-9-18-7-3-1-4-8-18/h1,3-4,7-8,15-16H,2,5-6,9-14,17H2. The van der Waals surface area contributed by atoms with Gasteiger partial charge in [-0.3, -0.25) is 4.79 Å². The molecule has 3 heterocycles. The van der Waals surface area contributed by atoms with Crippen molar-refractivity contribution in [3.8, 4) is 0 Å². The highest BCUT2D eigenvalue weighted by atomic mass is 16.2. The lowest BCUT2D eigenvalue weighted by Gasteiger charge is -2.35. The van der Waals surface area contributed by atoms with E-state index in [0.29, 0.717) is 19.6 Å². The summed E-state index contributed by atoms with van der Waals surface area (Å²) in [5.74, 6) is 0. The Kier molecular flexibility index (Phi) is 5.28. The van der Waals surface area contributed by atoms with E-state index in [2.05, 4.69) is 12.1 Å². The molecule has 2 amide bonds. The Balaban J connectivity index is 1.47. The summed E-state index contributed by atoms with van der Waals surface area (Å²) in [4.78, 5) is 29.2. The summed E-state index contributed by atoms with van der Waals surface area (Å²) < 4.78 is 1.79. The third-order valence-corrected chi connectivity index (χ3v) is 5.70. The van der Waals surface area contributed by atoms with Gasteiger partial charge in [-0.1, -0.05) is 30.3 Å². The molecule has 0 aliphatic carbocycles. The number of nitrogens with zero attached hydrogens (tertiary/aromatic N) is 3. The number of aryl methyl sites for hydroxylation is 2. The molecular formula is C22H27N3O2. The second-order valence-electron chi connectivity index (χ2n) is 7.59. The molecule has 1 saturated heterocycles. The van der Waals surface area contributed by atoms with Crippen LogP contribution in [0.25, 0.3) is 0 Å². The van der Waals surface area contributed by atoms with E-state index in [-0.39, 0.29) is 11.6 Å². The number of piperidine rings is 1. The van der Waals surface area contributed by atoms with Crippen molar-refractivity contribution in [2.45, 2.75) is 45.2 Å². The van der Waals surface area contributed by atoms with Gasteiger partial charge in [-0.15, -0.1) is 0 Å². The molecule has 0 saturated carbocycles. The largest absolute Gasteiger partial charge is 0.325 e. The fraction of sp³-hybridized carbons (Fsp3) is 0.455. The maximum absolute atomic E-state index is 12.8. The lowest BCUT2D eigenvalue weighted by molar-refractivity contribution is 0.138. The zero-order valence-corrected chi connectivity index (χ0v) is 15.8. The van der Waals surface area contributed by atoms with Crippen molar-refractivity contribution < 1.29 is 4.79 Å². The topological polar surface area (TPSA) is 45.6 Å². The van der Waals surface area contributed by atoms with Gasteiger partial charge in [0.25, 0.3) is 5.56 Å². The summed E-state index contributed by atoms with van der Waals surface area (Å²) in [6.07, 6.45) is 7.00. The lowest BCUT2D eigenvalue weighted by atomic mass is 10.0. The number of pyridine rings is 1. The van der Waals surface area contributed by atoms with E-state index >= 15 is 0 Å². The van der Waals surface area contributed by atoms with Crippen LogP contribution in [0.4, 0.5) is 4.79 Å². The molecule has 1 aromatic heterocycles. The smallest absolute Gasteiger partial charge is 0.320 e. The number of aromatic nitrogens is 1. The average molecular weight is 365 g/mol. The van der Waals surface area contributed by atoms with Crippen molar-refractivity contribution >= 4 is 6.03 Å². The van der Waals surface area contributed by atoms with Crippen molar-refractivity contribution in [1.29, 1.82) is 0 Å². The van der Waals surface area contributed by atoms with E-state index in [1.807, 2.05) is 34.2 Å². The highest BCUT2D eigenvalue weighted by Gasteiger charge is 2.26. The van der Waals surface area contributed by atoms with Gasteiger partial charge < -0.3 is 14.4 Å². The van der Waals surface area contributed by atoms with Gasteiger partial charge in [-0.05, 0) is 48.8 Å². The third kappa shape index (κ3) is 4.07. The first-order valence-corrected chi connectivity index (χ1v) is 10.0. The first kappa shape index (κ1) is 17.8. The number of hydrogen-bond acceptors (Lipinski definition) is 2. The SMILES string of the molecule is O=C(N1CCCCC1)N1CCc2cc(=O)n(CCc3ccccc3)cc2C1. The van der Waals surface area contributed by atoms with Crippen molar-refractivity contribution in [3.05, 3.63) is 69.6 Å². The summed E-state index contributed by atoms with van der Waals surface area (Å²) in [6, 6.07) is 12.1. The fourth-order valence-electron chi connectivity index (χ4n) is 4.09. The Morgan fingerprint density at radius 2 is 1.70 bits per heavy atom. The molecular weight excluding hydrogens is 338 g/mol. The third-order valence-electron chi connectivity index (χ3n) is 5.70. The fourth-order valence-corrected chi connectivity index (χ4v) is 4.09. The maximum Gasteiger partial charge on any atom is 0.320 e. The quantitative estimate of drug-likeness (QED) is 0.839. The zero-order valence-electron chi connectivity index (χ0n) is 15.8. The summed E-state index contributed by atoms with van der Waals surface area (Å²) in [7, 11) is 0. The Morgan fingerprint density at radius 1 is 0.926 bits per heavy atom. The van der Waals surface area contributed by atoms with Crippen LogP contribution in [0.2, 0.25) is 0 Å². The van der Waals surface area contributed by atoms with E-state index in [1.165, 1.54) is 12.0 Å². The first-order valence-electron chi connectivity index (χ1n) is 10.0. The van der Waals surface area contributed by atoms with E-state index < -0.39 is 0 Å². The highest BCUT2D eigenvalue weighted by Crippen LogP contribution is 2.20. The maximum atomic E-state index is 12.8. The van der Waals surface area contributed by atoms with Crippen LogP contribution in [0.1, 0.15) is 36.0 Å². The number of rotatable bonds is 3. The van der Waals surface area contributed by atoms with Crippen molar-refractivity contribution in [3.63, 3.8) is 0 Å². The predicted molar refractivity (Wildman–Crippen MR) is 106 cm³/mol. The number of carbonyl (C=O) groups excluding carboxylic acids is 1.